The van der Waals surface area contributed by atoms with Gasteiger partial charge in [0, 0.05) is 26.2 Å². The van der Waals surface area contributed by atoms with Crippen molar-refractivity contribution >= 4 is 17.8 Å². The lowest BCUT2D eigenvalue weighted by molar-refractivity contribution is -0.141. The first-order chi connectivity index (χ1) is 11.9. The zero-order valence-electron chi connectivity index (χ0n) is 14.0. The highest BCUT2D eigenvalue weighted by atomic mass is 16.4. The van der Waals surface area contributed by atoms with Crippen molar-refractivity contribution in [3.05, 3.63) is 48.3 Å². The van der Waals surface area contributed by atoms with E-state index >= 15 is 0 Å². The number of aromatic nitrogens is 2. The molecular weight excluding hydrogens is 324 g/mol. The van der Waals surface area contributed by atoms with Crippen LogP contribution in [0, 0.1) is 0 Å². The summed E-state index contributed by atoms with van der Waals surface area (Å²) >= 11 is 0. The number of nitrogens with zero attached hydrogens (tertiary/aromatic N) is 3. The smallest absolute Gasteiger partial charge is 0.326 e. The predicted molar refractivity (Wildman–Crippen MR) is 90.4 cm³/mol. The summed E-state index contributed by atoms with van der Waals surface area (Å²) in [4.78, 5) is 36.1. The molecular formula is C17H20N4O4. The molecule has 2 rings (SSSR count). The quantitative estimate of drug-likeness (QED) is 0.777. The third-order valence-electron chi connectivity index (χ3n) is 3.64. The van der Waals surface area contributed by atoms with Crippen molar-refractivity contribution in [3.8, 4) is 5.69 Å². The van der Waals surface area contributed by atoms with E-state index in [1.807, 2.05) is 30.3 Å². The van der Waals surface area contributed by atoms with E-state index < -0.39 is 17.9 Å². The first-order valence-electron chi connectivity index (χ1n) is 7.79. The summed E-state index contributed by atoms with van der Waals surface area (Å²) in [5.41, 5.74) is 0.928. The van der Waals surface area contributed by atoms with Crippen LogP contribution in [-0.2, 0) is 9.59 Å². The molecule has 1 aromatic heterocycles. The Morgan fingerprint density at radius 3 is 2.52 bits per heavy atom. The maximum atomic E-state index is 12.7. The lowest BCUT2D eigenvalue weighted by atomic mass is 10.2. The number of carbonyl (C=O) groups is 3. The summed E-state index contributed by atoms with van der Waals surface area (Å²) in [5, 5.41) is 16.0. The van der Waals surface area contributed by atoms with Gasteiger partial charge >= 0.3 is 5.97 Å². The van der Waals surface area contributed by atoms with E-state index in [1.54, 1.807) is 10.9 Å². The van der Waals surface area contributed by atoms with Crippen molar-refractivity contribution in [3.63, 3.8) is 0 Å². The molecule has 1 heterocycles. The normalized spacial score (nSPS) is 11.6. The van der Waals surface area contributed by atoms with E-state index in [1.165, 1.54) is 24.8 Å². The molecule has 0 saturated carbocycles. The van der Waals surface area contributed by atoms with Gasteiger partial charge in [0.15, 0.2) is 5.69 Å². The Morgan fingerprint density at radius 1 is 1.24 bits per heavy atom. The number of benzene rings is 1. The van der Waals surface area contributed by atoms with Gasteiger partial charge in [-0.05, 0) is 25.1 Å². The molecule has 8 nitrogen and oxygen atoms in total. The minimum absolute atomic E-state index is 0.0735. The Balaban J connectivity index is 2.19. The second kappa shape index (κ2) is 8.09. The van der Waals surface area contributed by atoms with Crippen LogP contribution < -0.4 is 5.32 Å². The molecule has 0 aliphatic rings. The van der Waals surface area contributed by atoms with Gasteiger partial charge in [-0.1, -0.05) is 18.2 Å². The van der Waals surface area contributed by atoms with Crippen LogP contribution in [0.25, 0.3) is 5.69 Å². The monoisotopic (exact) mass is 344 g/mol. The van der Waals surface area contributed by atoms with Gasteiger partial charge < -0.3 is 15.3 Å². The van der Waals surface area contributed by atoms with Gasteiger partial charge in [-0.3, -0.25) is 9.59 Å². The molecule has 25 heavy (non-hydrogen) atoms. The summed E-state index contributed by atoms with van der Waals surface area (Å²) in [5.74, 6) is -1.88. The molecule has 0 saturated heterocycles. The van der Waals surface area contributed by atoms with Gasteiger partial charge in [0.1, 0.15) is 6.04 Å². The molecule has 0 aliphatic carbocycles. The van der Waals surface area contributed by atoms with E-state index in [-0.39, 0.29) is 24.7 Å². The molecule has 0 radical (unpaired) electrons. The van der Waals surface area contributed by atoms with Gasteiger partial charge in [-0.25, -0.2) is 9.48 Å². The fraction of sp³-hybridized carbons (Fsp3) is 0.294. The zero-order valence-corrected chi connectivity index (χ0v) is 14.0. The average molecular weight is 344 g/mol. The van der Waals surface area contributed by atoms with Gasteiger partial charge in [-0.2, -0.15) is 5.10 Å². The van der Waals surface area contributed by atoms with Crippen LogP contribution in [0.5, 0.6) is 0 Å². The Hall–Kier alpha value is -3.16. The minimum atomic E-state index is -1.13. The predicted octanol–water partition coefficient (Wildman–Crippen LogP) is 0.924. The Kier molecular flexibility index (Phi) is 5.89. The van der Waals surface area contributed by atoms with Crippen molar-refractivity contribution in [1.82, 2.24) is 20.0 Å². The second-order valence-electron chi connectivity index (χ2n) is 5.48. The molecule has 2 N–H and O–H groups in total. The lowest BCUT2D eigenvalue weighted by Gasteiger charge is -2.25. The van der Waals surface area contributed by atoms with E-state index in [9.17, 15) is 19.5 Å². The average Bonchev–Trinajstić information content (AvgIpc) is 3.08. The highest BCUT2D eigenvalue weighted by molar-refractivity contribution is 5.95. The summed E-state index contributed by atoms with van der Waals surface area (Å²) in [7, 11) is 0. The topological polar surface area (TPSA) is 105 Å². The molecule has 0 spiro atoms. The molecule has 0 bridgehead atoms. The fourth-order valence-corrected chi connectivity index (χ4v) is 2.27. The summed E-state index contributed by atoms with van der Waals surface area (Å²) < 4.78 is 1.55. The SMILES string of the molecule is CC(=O)NCCN(C(=O)c1ccn(-c2ccccc2)n1)C(C)C(=O)O. The molecule has 0 fully saturated rings. The second-order valence-corrected chi connectivity index (χ2v) is 5.48. The molecule has 8 heteroatoms. The Labute approximate surface area is 145 Å². The molecule has 1 atom stereocenters. The molecule has 2 amide bonds. The maximum absolute atomic E-state index is 12.7. The molecule has 132 valence electrons. The van der Waals surface area contributed by atoms with Gasteiger partial charge in [-0.15, -0.1) is 0 Å². The minimum Gasteiger partial charge on any atom is -0.480 e. The summed E-state index contributed by atoms with van der Waals surface area (Å²) in [6, 6.07) is 9.76. The van der Waals surface area contributed by atoms with E-state index in [4.69, 9.17) is 0 Å². The van der Waals surface area contributed by atoms with Crippen molar-refractivity contribution in [2.45, 2.75) is 19.9 Å². The number of aliphatic carboxylic acids is 1. The third-order valence-corrected chi connectivity index (χ3v) is 3.64. The van der Waals surface area contributed by atoms with Crippen LogP contribution in [0.15, 0.2) is 42.6 Å². The van der Waals surface area contributed by atoms with Crippen LogP contribution in [0.3, 0.4) is 0 Å². The van der Waals surface area contributed by atoms with Crippen LogP contribution in [0.4, 0.5) is 0 Å². The zero-order chi connectivity index (χ0) is 18.4. The van der Waals surface area contributed by atoms with Crippen LogP contribution in [-0.4, -0.2) is 56.7 Å². The van der Waals surface area contributed by atoms with Crippen molar-refractivity contribution in [2.24, 2.45) is 0 Å². The first kappa shape index (κ1) is 18.2. The molecule has 1 aromatic carbocycles. The van der Waals surface area contributed by atoms with Crippen molar-refractivity contribution in [2.75, 3.05) is 13.1 Å². The van der Waals surface area contributed by atoms with Gasteiger partial charge in [0.2, 0.25) is 5.91 Å². The fourth-order valence-electron chi connectivity index (χ4n) is 2.27. The Morgan fingerprint density at radius 2 is 1.92 bits per heavy atom. The molecule has 0 aliphatic heterocycles. The number of carboxylic acid groups (broad SMARTS) is 1. The first-order valence-corrected chi connectivity index (χ1v) is 7.79. The number of amides is 2. The molecule has 2 aromatic rings. The molecule has 1 unspecified atom stereocenters. The van der Waals surface area contributed by atoms with Crippen LogP contribution in [0.1, 0.15) is 24.3 Å². The largest absolute Gasteiger partial charge is 0.480 e. The number of rotatable bonds is 7. The van der Waals surface area contributed by atoms with Crippen LogP contribution in [0.2, 0.25) is 0 Å². The van der Waals surface area contributed by atoms with Crippen molar-refractivity contribution in [1.29, 1.82) is 0 Å². The van der Waals surface area contributed by atoms with Crippen LogP contribution >= 0.6 is 0 Å². The number of para-hydroxylation sites is 1. The summed E-state index contributed by atoms with van der Waals surface area (Å²) in [6.07, 6.45) is 1.64. The highest BCUT2D eigenvalue weighted by Gasteiger charge is 2.27. The van der Waals surface area contributed by atoms with E-state index in [0.717, 1.165) is 5.69 Å². The summed E-state index contributed by atoms with van der Waals surface area (Å²) in [6.45, 7) is 3.01. The van der Waals surface area contributed by atoms with E-state index in [0.29, 0.717) is 0 Å². The van der Waals surface area contributed by atoms with Gasteiger partial charge in [0.05, 0.1) is 5.69 Å². The third kappa shape index (κ3) is 4.66. The standard InChI is InChI=1S/C17H20N4O4/c1-12(17(24)25)20(11-9-18-13(2)22)16(23)15-8-10-21(19-15)14-6-4-3-5-7-14/h3-8,10,12H,9,11H2,1-2H3,(H,18,22)(H,24,25). The van der Waals surface area contributed by atoms with Gasteiger partial charge in [0.25, 0.3) is 5.91 Å². The number of hydrogen-bond donors (Lipinski definition) is 2. The number of nitrogens with one attached hydrogen (secondary N) is 1. The highest BCUT2D eigenvalue weighted by Crippen LogP contribution is 2.11. The van der Waals surface area contributed by atoms with Crippen molar-refractivity contribution < 1.29 is 19.5 Å². The number of carbonyl (C=O) groups excluding carboxylic acids is 2. The van der Waals surface area contributed by atoms with E-state index in [2.05, 4.69) is 10.4 Å². The number of carboxylic acids is 1. The Bertz CT molecular complexity index is 757. The number of hydrogen-bond acceptors (Lipinski definition) is 4. The lowest BCUT2D eigenvalue weighted by Crippen LogP contribution is -2.46. The maximum Gasteiger partial charge on any atom is 0.326 e.